The number of methoxy groups -OCH3 is 1. The van der Waals surface area contributed by atoms with Crippen molar-refractivity contribution in [2.24, 2.45) is 0 Å². The van der Waals surface area contributed by atoms with E-state index in [9.17, 15) is 4.79 Å². The average molecular weight is 264 g/mol. The van der Waals surface area contributed by atoms with E-state index in [1.807, 2.05) is 13.0 Å². The maximum Gasteiger partial charge on any atom is 0.254 e. The number of rotatable bonds is 6. The first-order chi connectivity index (χ1) is 9.20. The molecule has 0 fully saturated rings. The summed E-state index contributed by atoms with van der Waals surface area (Å²) >= 11 is 0. The lowest BCUT2D eigenvalue weighted by atomic mass is 10.4. The zero-order valence-corrected chi connectivity index (χ0v) is 10.9. The Morgan fingerprint density at radius 2 is 2.37 bits per heavy atom. The summed E-state index contributed by atoms with van der Waals surface area (Å²) in [6, 6.07) is 1.81. The van der Waals surface area contributed by atoms with E-state index in [0.29, 0.717) is 24.7 Å². The van der Waals surface area contributed by atoms with Crippen LogP contribution in [0.4, 0.5) is 5.82 Å². The molecule has 0 aliphatic rings. The predicted molar refractivity (Wildman–Crippen MR) is 68.9 cm³/mol. The Morgan fingerprint density at radius 3 is 3.16 bits per heavy atom. The van der Waals surface area contributed by atoms with Gasteiger partial charge >= 0.3 is 0 Å². The van der Waals surface area contributed by atoms with Crippen LogP contribution in [0.5, 0.6) is 0 Å². The quantitative estimate of drug-likeness (QED) is 0.690. The molecule has 0 saturated carbocycles. The first-order valence-electron chi connectivity index (χ1n) is 5.87. The highest BCUT2D eigenvalue weighted by atomic mass is 16.5. The van der Waals surface area contributed by atoms with Gasteiger partial charge in [-0.05, 0) is 6.92 Å². The Kier molecular flexibility index (Phi) is 4.24. The fourth-order valence-electron chi connectivity index (χ4n) is 1.58. The van der Waals surface area contributed by atoms with Gasteiger partial charge in [0.15, 0.2) is 0 Å². The van der Waals surface area contributed by atoms with Crippen LogP contribution in [-0.2, 0) is 9.53 Å². The summed E-state index contributed by atoms with van der Waals surface area (Å²) in [4.78, 5) is 19.8. The summed E-state index contributed by atoms with van der Waals surface area (Å²) in [6.07, 6.45) is 1.42. The van der Waals surface area contributed by atoms with Crippen LogP contribution in [0.3, 0.4) is 0 Å². The lowest BCUT2D eigenvalue weighted by Crippen LogP contribution is -2.32. The molecule has 0 aliphatic heterocycles. The fraction of sp³-hybridized carbons (Fsp3) is 0.455. The van der Waals surface area contributed by atoms with E-state index >= 15 is 0 Å². The minimum Gasteiger partial charge on any atom is -0.383 e. The lowest BCUT2D eigenvalue weighted by Gasteiger charge is -2.09. The summed E-state index contributed by atoms with van der Waals surface area (Å²) in [7, 11) is 1.59. The van der Waals surface area contributed by atoms with Crippen molar-refractivity contribution in [2.75, 3.05) is 32.1 Å². The smallest absolute Gasteiger partial charge is 0.254 e. The zero-order valence-electron chi connectivity index (χ0n) is 10.9. The van der Waals surface area contributed by atoms with Gasteiger partial charge in [-0.3, -0.25) is 4.79 Å². The molecule has 0 aromatic carbocycles. The minimum atomic E-state index is -0.111. The molecule has 2 rings (SSSR count). The van der Waals surface area contributed by atoms with Crippen LogP contribution >= 0.6 is 0 Å². The van der Waals surface area contributed by atoms with Gasteiger partial charge in [-0.25, -0.2) is 4.98 Å². The highest BCUT2D eigenvalue weighted by Gasteiger charge is 2.07. The van der Waals surface area contributed by atoms with Crippen LogP contribution in [0.2, 0.25) is 0 Å². The van der Waals surface area contributed by atoms with Crippen LogP contribution in [0, 0.1) is 6.92 Å². The van der Waals surface area contributed by atoms with E-state index in [4.69, 9.17) is 4.74 Å². The monoisotopic (exact) mass is 264 g/mol. The van der Waals surface area contributed by atoms with E-state index in [1.165, 1.54) is 6.33 Å². The van der Waals surface area contributed by atoms with Crippen LogP contribution in [0.15, 0.2) is 12.4 Å². The third-order valence-electron chi connectivity index (χ3n) is 2.44. The molecule has 0 radical (unpaired) electrons. The number of ether oxygens (including phenoxy) is 1. The molecule has 19 heavy (non-hydrogen) atoms. The number of nitrogens with zero attached hydrogens (tertiary/aromatic N) is 4. The summed E-state index contributed by atoms with van der Waals surface area (Å²) in [6.45, 7) is 3.00. The summed E-state index contributed by atoms with van der Waals surface area (Å²) in [5.74, 6) is 1.07. The molecule has 1 amide bonds. The number of hydrogen-bond donors (Lipinski definition) is 2. The third kappa shape index (κ3) is 3.38. The van der Waals surface area contributed by atoms with Crippen molar-refractivity contribution >= 4 is 17.5 Å². The van der Waals surface area contributed by atoms with Crippen molar-refractivity contribution in [1.82, 2.24) is 24.9 Å². The fourth-order valence-corrected chi connectivity index (χ4v) is 1.58. The number of amides is 1. The van der Waals surface area contributed by atoms with Crippen molar-refractivity contribution in [1.29, 1.82) is 0 Å². The maximum absolute atomic E-state index is 11.6. The van der Waals surface area contributed by atoms with Crippen molar-refractivity contribution in [3.05, 3.63) is 18.1 Å². The van der Waals surface area contributed by atoms with Gasteiger partial charge in [0.25, 0.3) is 5.78 Å². The summed E-state index contributed by atoms with van der Waals surface area (Å²) in [5.41, 5.74) is 0.808. The number of carbonyl (C=O) groups is 1. The molecule has 0 saturated heterocycles. The van der Waals surface area contributed by atoms with Gasteiger partial charge in [0.05, 0.1) is 13.2 Å². The van der Waals surface area contributed by atoms with E-state index in [-0.39, 0.29) is 12.5 Å². The Labute approximate surface area is 110 Å². The number of anilines is 1. The second kappa shape index (κ2) is 6.10. The SMILES string of the molecule is COCCNC(=O)CNc1cc(C)nc2ncnn12. The zero-order chi connectivity index (χ0) is 13.7. The largest absolute Gasteiger partial charge is 0.383 e. The van der Waals surface area contributed by atoms with Crippen molar-refractivity contribution in [3.63, 3.8) is 0 Å². The van der Waals surface area contributed by atoms with E-state index in [1.54, 1.807) is 11.6 Å². The van der Waals surface area contributed by atoms with Crippen LogP contribution < -0.4 is 10.6 Å². The lowest BCUT2D eigenvalue weighted by molar-refractivity contribution is -0.119. The maximum atomic E-state index is 11.6. The Hall–Kier alpha value is -2.22. The van der Waals surface area contributed by atoms with Gasteiger partial charge in [0.1, 0.15) is 12.1 Å². The van der Waals surface area contributed by atoms with Gasteiger partial charge in [-0.2, -0.15) is 14.6 Å². The topological polar surface area (TPSA) is 93.4 Å². The van der Waals surface area contributed by atoms with Gasteiger partial charge in [0, 0.05) is 25.4 Å². The molecule has 2 aromatic rings. The Bertz CT molecular complexity index is 567. The van der Waals surface area contributed by atoms with E-state index in [2.05, 4.69) is 25.7 Å². The first kappa shape index (κ1) is 13.2. The number of hydrogen-bond acceptors (Lipinski definition) is 6. The van der Waals surface area contributed by atoms with E-state index < -0.39 is 0 Å². The van der Waals surface area contributed by atoms with Crippen LogP contribution in [0.25, 0.3) is 5.78 Å². The molecule has 0 unspecified atom stereocenters. The highest BCUT2D eigenvalue weighted by molar-refractivity contribution is 5.80. The molecule has 0 atom stereocenters. The number of aryl methyl sites for hydroxylation is 1. The molecule has 0 spiro atoms. The number of nitrogens with one attached hydrogen (secondary N) is 2. The molecule has 0 bridgehead atoms. The number of fused-ring (bicyclic) bond motifs is 1. The standard InChI is InChI=1S/C11H16N6O2/c1-8-5-9(17-11(16-8)14-7-15-17)13-6-10(18)12-3-4-19-2/h5,7,13H,3-4,6H2,1-2H3,(H,12,18). The molecule has 8 heteroatoms. The molecule has 2 N–H and O–H groups in total. The van der Waals surface area contributed by atoms with Crippen molar-refractivity contribution < 1.29 is 9.53 Å². The molecular weight excluding hydrogens is 248 g/mol. The van der Waals surface area contributed by atoms with Crippen LogP contribution in [-0.4, -0.2) is 52.3 Å². The molecule has 0 aliphatic carbocycles. The van der Waals surface area contributed by atoms with Crippen LogP contribution in [0.1, 0.15) is 5.69 Å². The number of aromatic nitrogens is 4. The third-order valence-corrected chi connectivity index (χ3v) is 2.44. The highest BCUT2D eigenvalue weighted by Crippen LogP contribution is 2.09. The van der Waals surface area contributed by atoms with Gasteiger partial charge < -0.3 is 15.4 Å². The second-order valence-corrected chi connectivity index (χ2v) is 3.95. The molecule has 2 heterocycles. The Morgan fingerprint density at radius 1 is 1.53 bits per heavy atom. The Balaban J connectivity index is 1.97. The second-order valence-electron chi connectivity index (χ2n) is 3.95. The van der Waals surface area contributed by atoms with E-state index in [0.717, 1.165) is 5.69 Å². The molecular formula is C11H16N6O2. The normalized spacial score (nSPS) is 10.6. The summed E-state index contributed by atoms with van der Waals surface area (Å²) in [5, 5.41) is 9.77. The number of carbonyl (C=O) groups excluding carboxylic acids is 1. The van der Waals surface area contributed by atoms with Crippen molar-refractivity contribution in [2.45, 2.75) is 6.92 Å². The van der Waals surface area contributed by atoms with Gasteiger partial charge in [0.2, 0.25) is 5.91 Å². The summed E-state index contributed by atoms with van der Waals surface area (Å²) < 4.78 is 6.40. The van der Waals surface area contributed by atoms with Gasteiger partial charge in [-0.1, -0.05) is 0 Å². The molecule has 8 nitrogen and oxygen atoms in total. The average Bonchev–Trinajstić information content (AvgIpc) is 2.84. The minimum absolute atomic E-state index is 0.111. The predicted octanol–water partition coefficient (Wildman–Crippen LogP) is -0.393. The molecule has 102 valence electrons. The molecule has 2 aromatic heterocycles. The van der Waals surface area contributed by atoms with Crippen molar-refractivity contribution in [3.8, 4) is 0 Å². The van der Waals surface area contributed by atoms with Gasteiger partial charge in [-0.15, -0.1) is 0 Å². The first-order valence-corrected chi connectivity index (χ1v) is 5.87.